The first-order valence-corrected chi connectivity index (χ1v) is 14.8. The van der Waals surface area contributed by atoms with Crippen LogP contribution >= 0.6 is 0 Å². The van der Waals surface area contributed by atoms with E-state index < -0.39 is 6.04 Å². The molecule has 0 heterocycles. The van der Waals surface area contributed by atoms with Crippen molar-refractivity contribution in [3.05, 3.63) is 101 Å². The number of hydrogen-bond acceptors (Lipinski definition) is 3. The second-order valence-corrected chi connectivity index (χ2v) is 11.3. The van der Waals surface area contributed by atoms with Crippen LogP contribution in [0.3, 0.4) is 0 Å². The smallest absolute Gasteiger partial charge is 0.243 e. The molecule has 1 aliphatic carbocycles. The van der Waals surface area contributed by atoms with Gasteiger partial charge in [-0.15, -0.1) is 0 Å². The maximum atomic E-state index is 14.0. The summed E-state index contributed by atoms with van der Waals surface area (Å²) in [6.45, 7) is 4.71. The third-order valence-electron chi connectivity index (χ3n) is 7.98. The van der Waals surface area contributed by atoms with Gasteiger partial charge in [0.2, 0.25) is 11.8 Å². The Bertz CT molecular complexity index is 1220. The van der Waals surface area contributed by atoms with Gasteiger partial charge < -0.3 is 15.0 Å². The first-order chi connectivity index (χ1) is 19.4. The molecule has 212 valence electrons. The van der Waals surface area contributed by atoms with E-state index in [-0.39, 0.29) is 17.9 Å². The van der Waals surface area contributed by atoms with Crippen LogP contribution in [-0.2, 0) is 29.0 Å². The van der Waals surface area contributed by atoms with Gasteiger partial charge in [0, 0.05) is 25.4 Å². The zero-order chi connectivity index (χ0) is 28.3. The first-order valence-electron chi connectivity index (χ1n) is 14.8. The molecule has 5 heteroatoms. The Morgan fingerprint density at radius 3 is 2.25 bits per heavy atom. The Labute approximate surface area is 239 Å². The Morgan fingerprint density at radius 2 is 1.57 bits per heavy atom. The summed E-state index contributed by atoms with van der Waals surface area (Å²) >= 11 is 0. The number of amides is 2. The summed E-state index contributed by atoms with van der Waals surface area (Å²) in [7, 11) is 1.64. The zero-order valence-electron chi connectivity index (χ0n) is 24.3. The maximum absolute atomic E-state index is 14.0. The Hall–Kier alpha value is -3.60. The molecule has 40 heavy (non-hydrogen) atoms. The van der Waals surface area contributed by atoms with Crippen molar-refractivity contribution in [2.24, 2.45) is 0 Å². The van der Waals surface area contributed by atoms with Gasteiger partial charge in [0.25, 0.3) is 0 Å². The average molecular weight is 541 g/mol. The van der Waals surface area contributed by atoms with E-state index >= 15 is 0 Å². The topological polar surface area (TPSA) is 58.6 Å². The molecule has 0 unspecified atom stereocenters. The lowest BCUT2D eigenvalue weighted by atomic mass is 9.94. The van der Waals surface area contributed by atoms with Crippen molar-refractivity contribution in [2.45, 2.75) is 89.8 Å². The van der Waals surface area contributed by atoms with Crippen molar-refractivity contribution in [3.63, 3.8) is 0 Å². The number of methoxy groups -OCH3 is 1. The number of nitrogens with one attached hydrogen (secondary N) is 1. The first kappa shape index (κ1) is 29.4. The minimum absolute atomic E-state index is 0.0181. The van der Waals surface area contributed by atoms with Crippen molar-refractivity contribution in [1.29, 1.82) is 0 Å². The summed E-state index contributed by atoms with van der Waals surface area (Å²) in [4.78, 5) is 29.7. The van der Waals surface area contributed by atoms with Gasteiger partial charge in [-0.1, -0.05) is 99.8 Å². The zero-order valence-corrected chi connectivity index (χ0v) is 24.3. The number of ether oxygens (including phenoxy) is 1. The third kappa shape index (κ3) is 8.45. The molecule has 1 aliphatic rings. The molecule has 1 saturated carbocycles. The minimum atomic E-state index is -0.605. The van der Waals surface area contributed by atoms with E-state index in [9.17, 15) is 9.59 Å². The van der Waals surface area contributed by atoms with Gasteiger partial charge in [-0.3, -0.25) is 9.59 Å². The summed E-state index contributed by atoms with van der Waals surface area (Å²) in [5.41, 5.74) is 4.40. The molecule has 1 N–H and O–H groups in total. The molecule has 0 aliphatic heterocycles. The fourth-order valence-electron chi connectivity index (χ4n) is 5.53. The molecule has 0 aromatic heterocycles. The number of hydrogen-bond donors (Lipinski definition) is 1. The summed E-state index contributed by atoms with van der Waals surface area (Å²) in [5.74, 6) is 1.13. The summed E-state index contributed by atoms with van der Waals surface area (Å²) < 4.78 is 5.45. The fourth-order valence-corrected chi connectivity index (χ4v) is 5.53. The molecular formula is C35H44N2O3. The molecule has 0 spiro atoms. The quantitative estimate of drug-likeness (QED) is 0.274. The highest BCUT2D eigenvalue weighted by Crippen LogP contribution is 2.22. The predicted octanol–water partition coefficient (Wildman–Crippen LogP) is 6.84. The van der Waals surface area contributed by atoms with Gasteiger partial charge in [-0.25, -0.2) is 0 Å². The summed E-state index contributed by atoms with van der Waals surface area (Å²) in [5, 5.41) is 3.32. The number of aryl methyl sites for hydroxylation is 1. The Morgan fingerprint density at radius 1 is 0.875 bits per heavy atom. The molecule has 0 saturated heterocycles. The number of carbonyl (C=O) groups is 2. The van der Waals surface area contributed by atoms with E-state index in [2.05, 4.69) is 43.4 Å². The van der Waals surface area contributed by atoms with Gasteiger partial charge in [0.1, 0.15) is 11.8 Å². The van der Waals surface area contributed by atoms with E-state index in [4.69, 9.17) is 4.74 Å². The van der Waals surface area contributed by atoms with E-state index in [0.717, 1.165) is 48.1 Å². The lowest BCUT2D eigenvalue weighted by Gasteiger charge is -2.33. The second kappa shape index (κ2) is 14.7. The van der Waals surface area contributed by atoms with Gasteiger partial charge in [-0.2, -0.15) is 0 Å². The van der Waals surface area contributed by atoms with Crippen LogP contribution in [0, 0.1) is 0 Å². The van der Waals surface area contributed by atoms with Gasteiger partial charge in [0.15, 0.2) is 0 Å². The van der Waals surface area contributed by atoms with Crippen molar-refractivity contribution in [1.82, 2.24) is 10.2 Å². The standard InChI is InChI=1S/C35H44N2O3/c1-26(2)30-20-17-27(18-21-30)19-22-34(38)37(25-29-13-10-16-32(23-29)40-3)33(24-28-11-6-4-7-12-28)35(39)36-31-14-8-5-9-15-31/h4,6-7,10-13,16-18,20-21,23,26,31,33H,5,8-9,14-15,19,22,24-25H2,1-3H3,(H,36,39)/t33-/m0/s1. The number of nitrogens with zero attached hydrogens (tertiary/aromatic N) is 1. The van der Waals surface area contributed by atoms with Gasteiger partial charge >= 0.3 is 0 Å². The molecule has 0 radical (unpaired) electrons. The molecule has 1 atom stereocenters. The van der Waals surface area contributed by atoms with Crippen LogP contribution < -0.4 is 10.1 Å². The summed E-state index contributed by atoms with van der Waals surface area (Å²) in [6, 6.07) is 25.9. The number of rotatable bonds is 12. The number of carbonyl (C=O) groups excluding carboxylic acids is 2. The highest BCUT2D eigenvalue weighted by molar-refractivity contribution is 5.88. The molecule has 3 aromatic carbocycles. The summed E-state index contributed by atoms with van der Waals surface area (Å²) in [6.07, 6.45) is 6.93. The third-order valence-corrected chi connectivity index (χ3v) is 7.98. The van der Waals surface area contributed by atoms with Crippen LogP contribution in [0.15, 0.2) is 78.9 Å². The molecule has 5 nitrogen and oxygen atoms in total. The molecule has 1 fully saturated rings. The van der Waals surface area contributed by atoms with Crippen LogP contribution in [0.25, 0.3) is 0 Å². The maximum Gasteiger partial charge on any atom is 0.243 e. The van der Waals surface area contributed by atoms with E-state index in [1.165, 1.54) is 12.0 Å². The molecule has 0 bridgehead atoms. The normalized spacial score (nSPS) is 14.5. The lowest BCUT2D eigenvalue weighted by molar-refractivity contribution is -0.141. The van der Waals surface area contributed by atoms with Crippen LogP contribution in [-0.4, -0.2) is 35.9 Å². The highest BCUT2D eigenvalue weighted by atomic mass is 16.5. The highest BCUT2D eigenvalue weighted by Gasteiger charge is 2.31. The molecule has 4 rings (SSSR count). The van der Waals surface area contributed by atoms with Crippen molar-refractivity contribution in [2.75, 3.05) is 7.11 Å². The molecule has 2 amide bonds. The second-order valence-electron chi connectivity index (χ2n) is 11.3. The average Bonchev–Trinajstić information content (AvgIpc) is 2.99. The molecule has 3 aromatic rings. The minimum Gasteiger partial charge on any atom is -0.497 e. The van der Waals surface area contributed by atoms with Crippen LogP contribution in [0.5, 0.6) is 5.75 Å². The molecular weight excluding hydrogens is 496 g/mol. The van der Waals surface area contributed by atoms with Gasteiger partial charge in [0.05, 0.1) is 7.11 Å². The fraction of sp³-hybridized carbons (Fsp3) is 0.429. The van der Waals surface area contributed by atoms with Crippen LogP contribution in [0.1, 0.15) is 80.5 Å². The monoisotopic (exact) mass is 540 g/mol. The van der Waals surface area contributed by atoms with Gasteiger partial charge in [-0.05, 0) is 59.6 Å². The Balaban J connectivity index is 1.60. The Kier molecular flexibility index (Phi) is 10.8. The van der Waals surface area contributed by atoms with E-state index in [1.54, 1.807) is 12.0 Å². The van der Waals surface area contributed by atoms with Crippen LogP contribution in [0.4, 0.5) is 0 Å². The van der Waals surface area contributed by atoms with Crippen molar-refractivity contribution >= 4 is 11.8 Å². The predicted molar refractivity (Wildman–Crippen MR) is 161 cm³/mol. The van der Waals surface area contributed by atoms with E-state index in [0.29, 0.717) is 31.7 Å². The SMILES string of the molecule is COc1cccc(CN(C(=O)CCc2ccc(C(C)C)cc2)[C@@H](Cc2ccccc2)C(=O)NC2CCCCC2)c1. The van der Waals surface area contributed by atoms with Crippen LogP contribution in [0.2, 0.25) is 0 Å². The lowest BCUT2D eigenvalue weighted by Crippen LogP contribution is -2.52. The van der Waals surface area contributed by atoms with E-state index in [1.807, 2.05) is 54.6 Å². The number of benzene rings is 3. The largest absolute Gasteiger partial charge is 0.497 e. The van der Waals surface area contributed by atoms with Crippen molar-refractivity contribution < 1.29 is 14.3 Å². The van der Waals surface area contributed by atoms with Crippen molar-refractivity contribution in [3.8, 4) is 5.75 Å².